The third-order valence-corrected chi connectivity index (χ3v) is 5.74. The first-order chi connectivity index (χ1) is 15.1. The van der Waals surface area contributed by atoms with Crippen molar-refractivity contribution in [2.24, 2.45) is 0 Å². The van der Waals surface area contributed by atoms with E-state index in [-0.39, 0.29) is 12.7 Å². The fourth-order valence-corrected chi connectivity index (χ4v) is 4.02. The number of benzene rings is 1. The minimum Gasteiger partial charge on any atom is -0.471 e. The summed E-state index contributed by atoms with van der Waals surface area (Å²) in [6.45, 7) is 3.31. The van der Waals surface area contributed by atoms with Crippen LogP contribution in [0.1, 0.15) is 24.5 Å². The van der Waals surface area contributed by atoms with Gasteiger partial charge in [0.15, 0.2) is 0 Å². The van der Waals surface area contributed by atoms with Gasteiger partial charge in [-0.3, -0.25) is 0 Å². The van der Waals surface area contributed by atoms with Gasteiger partial charge in [-0.05, 0) is 36.8 Å². The molecule has 9 heteroatoms. The first-order valence-corrected chi connectivity index (χ1v) is 10.8. The molecule has 1 aliphatic rings. The molecule has 7 nitrogen and oxygen atoms in total. The highest BCUT2D eigenvalue weighted by Crippen LogP contribution is 2.33. The molecule has 1 fully saturated rings. The number of aliphatic hydroxyl groups excluding tert-OH is 1. The molecule has 0 radical (unpaired) electrons. The third-order valence-electron chi connectivity index (χ3n) is 5.13. The van der Waals surface area contributed by atoms with Gasteiger partial charge in [0, 0.05) is 30.4 Å². The predicted octanol–water partition coefficient (Wildman–Crippen LogP) is 4.68. The topological polar surface area (TPSA) is 80.6 Å². The Morgan fingerprint density at radius 1 is 1.16 bits per heavy atom. The van der Waals surface area contributed by atoms with Crippen LogP contribution in [0.3, 0.4) is 0 Å². The number of hydrogen-bond acceptors (Lipinski definition) is 7. The Labute approximate surface area is 190 Å². The molecule has 4 rings (SSSR count). The number of hydrogen-bond donors (Lipinski definition) is 1. The van der Waals surface area contributed by atoms with E-state index in [1.54, 1.807) is 18.3 Å². The Morgan fingerprint density at radius 3 is 2.81 bits per heavy atom. The number of halogens is 2. The Bertz CT molecular complexity index is 1070. The van der Waals surface area contributed by atoms with E-state index < -0.39 is 0 Å². The molecular weight excluding hydrogens is 439 g/mol. The highest BCUT2D eigenvalue weighted by atomic mass is 35.5. The zero-order valence-electron chi connectivity index (χ0n) is 17.0. The first-order valence-electron chi connectivity index (χ1n) is 10.0. The van der Waals surface area contributed by atoms with Crippen molar-refractivity contribution in [2.75, 3.05) is 18.0 Å². The van der Waals surface area contributed by atoms with Crippen molar-refractivity contribution in [2.45, 2.75) is 32.5 Å². The van der Waals surface area contributed by atoms with Gasteiger partial charge in [0.2, 0.25) is 11.8 Å². The first kappa shape index (κ1) is 21.6. The van der Waals surface area contributed by atoms with Crippen LogP contribution in [0.5, 0.6) is 17.5 Å². The van der Waals surface area contributed by atoms with Gasteiger partial charge in [0.25, 0.3) is 0 Å². The zero-order chi connectivity index (χ0) is 21.8. The molecule has 162 valence electrons. The van der Waals surface area contributed by atoms with E-state index >= 15 is 0 Å². The molecule has 1 N–H and O–H groups in total. The minimum atomic E-state index is -0.119. The summed E-state index contributed by atoms with van der Waals surface area (Å²) in [5.74, 6) is 1.43. The number of rotatable bonds is 7. The predicted molar refractivity (Wildman–Crippen MR) is 119 cm³/mol. The van der Waals surface area contributed by atoms with Crippen LogP contribution in [-0.4, -0.2) is 39.3 Å². The summed E-state index contributed by atoms with van der Waals surface area (Å²) in [4.78, 5) is 14.6. The zero-order valence-corrected chi connectivity index (χ0v) is 18.5. The molecular formula is C22H22Cl2N4O3. The van der Waals surface area contributed by atoms with Crippen LogP contribution in [0.4, 0.5) is 5.69 Å². The van der Waals surface area contributed by atoms with Crippen LogP contribution in [0, 0.1) is 0 Å². The Hall–Kier alpha value is -2.61. The fourth-order valence-electron chi connectivity index (χ4n) is 3.59. The summed E-state index contributed by atoms with van der Waals surface area (Å²) in [6, 6.07) is 9.13. The monoisotopic (exact) mass is 460 g/mol. The normalized spacial score (nSPS) is 15.9. The molecule has 0 aliphatic carbocycles. The summed E-state index contributed by atoms with van der Waals surface area (Å²) in [5, 5.41) is 10.8. The number of aromatic nitrogens is 3. The second kappa shape index (κ2) is 9.68. The Morgan fingerprint density at radius 2 is 2.03 bits per heavy atom. The van der Waals surface area contributed by atoms with Crippen LogP contribution in [0.25, 0.3) is 0 Å². The maximum Gasteiger partial charge on any atom is 0.232 e. The smallest absolute Gasteiger partial charge is 0.232 e. The lowest BCUT2D eigenvalue weighted by Crippen LogP contribution is -2.25. The number of aliphatic hydroxyl groups is 1. The van der Waals surface area contributed by atoms with E-state index in [9.17, 15) is 5.11 Å². The minimum absolute atomic E-state index is 0.0369. The molecule has 1 saturated heterocycles. The maximum absolute atomic E-state index is 9.96. The summed E-state index contributed by atoms with van der Waals surface area (Å²) < 4.78 is 11.9. The summed E-state index contributed by atoms with van der Waals surface area (Å²) >= 11 is 12.3. The largest absolute Gasteiger partial charge is 0.471 e. The Balaban J connectivity index is 1.49. The van der Waals surface area contributed by atoms with Crippen molar-refractivity contribution >= 4 is 28.9 Å². The van der Waals surface area contributed by atoms with Crippen LogP contribution >= 0.6 is 23.2 Å². The van der Waals surface area contributed by atoms with Gasteiger partial charge in [-0.1, -0.05) is 30.1 Å². The second-order valence-corrected chi connectivity index (χ2v) is 7.88. The van der Waals surface area contributed by atoms with Gasteiger partial charge in [0.05, 0.1) is 18.7 Å². The number of nitrogens with zero attached hydrogens (tertiary/aromatic N) is 4. The molecule has 0 bridgehead atoms. The highest BCUT2D eigenvalue weighted by molar-refractivity contribution is 6.31. The van der Waals surface area contributed by atoms with Gasteiger partial charge in [-0.2, -0.15) is 0 Å². The van der Waals surface area contributed by atoms with Gasteiger partial charge in [-0.25, -0.2) is 15.0 Å². The summed E-state index contributed by atoms with van der Waals surface area (Å²) in [6.07, 6.45) is 4.47. The van der Waals surface area contributed by atoms with E-state index in [0.29, 0.717) is 40.7 Å². The van der Waals surface area contributed by atoms with E-state index in [1.807, 2.05) is 25.1 Å². The van der Waals surface area contributed by atoms with Crippen molar-refractivity contribution in [3.8, 4) is 17.5 Å². The number of ether oxygens (including phenoxy) is 2. The van der Waals surface area contributed by atoms with Gasteiger partial charge in [-0.15, -0.1) is 0 Å². The lowest BCUT2D eigenvalue weighted by atomic mass is 10.1. The molecule has 2 aromatic heterocycles. The van der Waals surface area contributed by atoms with E-state index in [4.69, 9.17) is 32.7 Å². The number of pyridine rings is 1. The standard InChI is InChI=1S/C22H22Cl2N4O3/c1-2-17-20(24)26-13-27-21(17)30-15-5-6-19(14(10-15)12-29)28-9-7-16(11-28)31-22-18(23)4-3-8-25-22/h3-6,8,10,13,16,29H,2,7,9,11-12H2,1H3. The van der Waals surface area contributed by atoms with Crippen LogP contribution in [-0.2, 0) is 13.0 Å². The molecule has 0 spiro atoms. The van der Waals surface area contributed by atoms with Gasteiger partial charge in [0.1, 0.15) is 28.4 Å². The molecule has 1 aromatic carbocycles. The molecule has 1 atom stereocenters. The molecule has 31 heavy (non-hydrogen) atoms. The van der Waals surface area contributed by atoms with Crippen molar-refractivity contribution in [3.05, 3.63) is 64.2 Å². The highest BCUT2D eigenvalue weighted by Gasteiger charge is 2.27. The SMILES string of the molecule is CCc1c(Cl)ncnc1Oc1ccc(N2CCC(Oc3ncccc3Cl)C2)c(CO)c1. The van der Waals surface area contributed by atoms with Gasteiger partial charge >= 0.3 is 0 Å². The van der Waals surface area contributed by atoms with Crippen LogP contribution in [0.2, 0.25) is 10.2 Å². The summed E-state index contributed by atoms with van der Waals surface area (Å²) in [7, 11) is 0. The molecule has 3 heterocycles. The molecule has 1 aliphatic heterocycles. The lowest BCUT2D eigenvalue weighted by molar-refractivity contribution is 0.216. The average Bonchev–Trinajstić information content (AvgIpc) is 3.24. The molecule has 0 amide bonds. The fraction of sp³-hybridized carbons (Fsp3) is 0.318. The average molecular weight is 461 g/mol. The van der Waals surface area contributed by atoms with Crippen LogP contribution in [0.15, 0.2) is 42.9 Å². The maximum atomic E-state index is 9.96. The van der Waals surface area contributed by atoms with E-state index in [2.05, 4.69) is 19.9 Å². The van der Waals surface area contributed by atoms with E-state index in [0.717, 1.165) is 29.8 Å². The van der Waals surface area contributed by atoms with Crippen molar-refractivity contribution < 1.29 is 14.6 Å². The Kier molecular flexibility index (Phi) is 6.75. The number of anilines is 1. The molecule has 0 saturated carbocycles. The van der Waals surface area contributed by atoms with Crippen molar-refractivity contribution in [3.63, 3.8) is 0 Å². The third kappa shape index (κ3) is 4.84. The second-order valence-electron chi connectivity index (χ2n) is 7.12. The lowest BCUT2D eigenvalue weighted by Gasteiger charge is -2.22. The van der Waals surface area contributed by atoms with Crippen molar-refractivity contribution in [1.29, 1.82) is 0 Å². The molecule has 3 aromatic rings. The van der Waals surface area contributed by atoms with E-state index in [1.165, 1.54) is 6.33 Å². The molecule has 1 unspecified atom stereocenters. The van der Waals surface area contributed by atoms with Gasteiger partial charge < -0.3 is 19.5 Å². The summed E-state index contributed by atoms with van der Waals surface area (Å²) in [5.41, 5.74) is 2.43. The van der Waals surface area contributed by atoms with Crippen LogP contribution < -0.4 is 14.4 Å². The van der Waals surface area contributed by atoms with Crippen molar-refractivity contribution in [1.82, 2.24) is 15.0 Å². The quantitative estimate of drug-likeness (QED) is 0.512.